The molecule has 2 aromatic rings. The Morgan fingerprint density at radius 2 is 1.63 bits per heavy atom. The number of hydrogen-bond donors (Lipinski definition) is 3. The molecule has 3 atom stereocenters. The molecule has 0 saturated carbocycles. The van der Waals surface area contributed by atoms with Crippen LogP contribution < -0.4 is 10.6 Å². The second-order valence-corrected chi connectivity index (χ2v) is 9.71. The highest BCUT2D eigenvalue weighted by molar-refractivity contribution is 5.81. The third kappa shape index (κ3) is 5.73. The van der Waals surface area contributed by atoms with Gasteiger partial charge < -0.3 is 20.5 Å². The number of hydrogen-bond acceptors (Lipinski definition) is 4. The van der Waals surface area contributed by atoms with Crippen LogP contribution in [0.5, 0.6) is 0 Å². The fourth-order valence-corrected chi connectivity index (χ4v) is 5.00. The van der Waals surface area contributed by atoms with Gasteiger partial charge in [-0.3, -0.25) is 9.59 Å². The molecule has 0 fully saturated rings. The quantitative estimate of drug-likeness (QED) is 0.467. The molecule has 0 bridgehead atoms. The van der Waals surface area contributed by atoms with E-state index in [0.717, 1.165) is 22.3 Å². The van der Waals surface area contributed by atoms with Crippen molar-refractivity contribution in [2.75, 3.05) is 13.2 Å². The number of rotatable bonds is 9. The van der Waals surface area contributed by atoms with Crippen LogP contribution in [0.4, 0.5) is 4.79 Å². The molecule has 2 aliphatic rings. The minimum Gasteiger partial charge on any atom is -0.481 e. The first-order valence-corrected chi connectivity index (χ1v) is 12.1. The predicted molar refractivity (Wildman–Crippen MR) is 133 cm³/mol. The highest BCUT2D eigenvalue weighted by Crippen LogP contribution is 2.44. The SMILES string of the molecule is CC(C)CC(CNC(=O)OCC1c2ccccc2-c2ccccc21)C(=O)NC1C=CC(C(=O)O)C1. The lowest BCUT2D eigenvalue weighted by Crippen LogP contribution is -2.43. The highest BCUT2D eigenvalue weighted by Gasteiger charge is 2.30. The molecule has 3 N–H and O–H groups in total. The van der Waals surface area contributed by atoms with Gasteiger partial charge >= 0.3 is 12.1 Å². The average molecular weight is 477 g/mol. The zero-order valence-corrected chi connectivity index (χ0v) is 20.1. The summed E-state index contributed by atoms with van der Waals surface area (Å²) in [5, 5.41) is 14.8. The Morgan fingerprint density at radius 1 is 1.00 bits per heavy atom. The molecular formula is C28H32N2O5. The summed E-state index contributed by atoms with van der Waals surface area (Å²) in [6, 6.07) is 16.0. The summed E-state index contributed by atoms with van der Waals surface area (Å²) in [6.07, 6.45) is 3.71. The van der Waals surface area contributed by atoms with E-state index in [4.69, 9.17) is 9.84 Å². The maximum absolute atomic E-state index is 12.9. The molecule has 3 unspecified atom stereocenters. The van der Waals surface area contributed by atoms with Crippen LogP contribution in [0.3, 0.4) is 0 Å². The van der Waals surface area contributed by atoms with Crippen LogP contribution in [0.15, 0.2) is 60.7 Å². The molecule has 0 heterocycles. The van der Waals surface area contributed by atoms with Gasteiger partial charge in [0.05, 0.1) is 11.8 Å². The normalized spacial score (nSPS) is 19.2. The molecule has 2 amide bonds. The molecule has 2 aromatic carbocycles. The van der Waals surface area contributed by atoms with Crippen LogP contribution in [0.2, 0.25) is 0 Å². The summed E-state index contributed by atoms with van der Waals surface area (Å²) in [6.45, 7) is 4.40. The van der Waals surface area contributed by atoms with Crippen LogP contribution in [-0.2, 0) is 14.3 Å². The molecule has 0 saturated heterocycles. The number of alkyl carbamates (subject to hydrolysis) is 1. The lowest BCUT2D eigenvalue weighted by atomic mass is 9.95. The largest absolute Gasteiger partial charge is 0.481 e. The Balaban J connectivity index is 1.32. The van der Waals surface area contributed by atoms with Crippen molar-refractivity contribution in [2.45, 2.75) is 38.6 Å². The number of nitrogens with one attached hydrogen (secondary N) is 2. The molecule has 7 nitrogen and oxygen atoms in total. The molecular weight excluding hydrogens is 444 g/mol. The van der Waals surface area contributed by atoms with Gasteiger partial charge in [0.25, 0.3) is 0 Å². The lowest BCUT2D eigenvalue weighted by molar-refractivity contribution is -0.140. The second kappa shape index (κ2) is 10.8. The van der Waals surface area contributed by atoms with E-state index in [2.05, 4.69) is 34.9 Å². The molecule has 35 heavy (non-hydrogen) atoms. The highest BCUT2D eigenvalue weighted by atomic mass is 16.5. The van der Waals surface area contributed by atoms with Crippen LogP contribution in [0, 0.1) is 17.8 Å². The number of amides is 2. The Morgan fingerprint density at radius 3 is 2.20 bits per heavy atom. The standard InChI is InChI=1S/C28H32N2O5/c1-17(2)13-19(26(31)30-20-12-11-18(14-20)27(32)33)15-29-28(34)35-16-25-23-9-5-3-7-21(23)22-8-4-6-10-24(22)25/h3-12,17-20,25H,13-16H2,1-2H3,(H,29,34)(H,30,31)(H,32,33). The van der Waals surface area contributed by atoms with Crippen molar-refractivity contribution in [1.29, 1.82) is 0 Å². The Bertz CT molecular complexity index is 1080. The van der Waals surface area contributed by atoms with E-state index in [1.54, 1.807) is 12.2 Å². The number of carbonyl (C=O) groups excluding carboxylic acids is 2. The van der Waals surface area contributed by atoms with Crippen molar-refractivity contribution < 1.29 is 24.2 Å². The van der Waals surface area contributed by atoms with Crippen molar-refractivity contribution in [3.8, 4) is 11.1 Å². The van der Waals surface area contributed by atoms with Gasteiger partial charge in [0.2, 0.25) is 5.91 Å². The van der Waals surface area contributed by atoms with E-state index in [1.807, 2.05) is 38.1 Å². The minimum atomic E-state index is -0.895. The maximum Gasteiger partial charge on any atom is 0.407 e. The van der Waals surface area contributed by atoms with Gasteiger partial charge in [-0.1, -0.05) is 74.5 Å². The van der Waals surface area contributed by atoms with Gasteiger partial charge in [0, 0.05) is 18.5 Å². The predicted octanol–water partition coefficient (Wildman–Crippen LogP) is 4.33. The third-order valence-corrected chi connectivity index (χ3v) is 6.69. The summed E-state index contributed by atoms with van der Waals surface area (Å²) in [5.41, 5.74) is 4.61. The molecule has 0 radical (unpaired) electrons. The molecule has 0 spiro atoms. The van der Waals surface area contributed by atoms with Crippen molar-refractivity contribution in [1.82, 2.24) is 10.6 Å². The molecule has 0 aromatic heterocycles. The lowest BCUT2D eigenvalue weighted by Gasteiger charge is -2.22. The summed E-state index contributed by atoms with van der Waals surface area (Å²) in [4.78, 5) is 36.6. The molecule has 7 heteroatoms. The monoisotopic (exact) mass is 476 g/mol. The second-order valence-electron chi connectivity index (χ2n) is 9.71. The van der Waals surface area contributed by atoms with Crippen LogP contribution in [-0.4, -0.2) is 42.3 Å². The van der Waals surface area contributed by atoms with Crippen LogP contribution in [0.1, 0.15) is 43.7 Å². The molecule has 0 aliphatic heterocycles. The summed E-state index contributed by atoms with van der Waals surface area (Å²) >= 11 is 0. The first-order valence-electron chi connectivity index (χ1n) is 12.1. The van der Waals surface area contributed by atoms with Gasteiger partial charge in [0.1, 0.15) is 6.61 Å². The van der Waals surface area contributed by atoms with Crippen molar-refractivity contribution in [3.63, 3.8) is 0 Å². The minimum absolute atomic E-state index is 0.0285. The number of fused-ring (bicyclic) bond motifs is 3. The zero-order valence-electron chi connectivity index (χ0n) is 20.1. The first-order chi connectivity index (χ1) is 16.8. The van der Waals surface area contributed by atoms with Gasteiger partial charge in [-0.15, -0.1) is 0 Å². The van der Waals surface area contributed by atoms with E-state index < -0.39 is 23.9 Å². The zero-order chi connectivity index (χ0) is 24.9. The summed E-state index contributed by atoms with van der Waals surface area (Å²) in [7, 11) is 0. The number of carbonyl (C=O) groups is 3. The first kappa shape index (κ1) is 24.5. The number of carboxylic acids is 1. The van der Waals surface area contributed by atoms with E-state index >= 15 is 0 Å². The Kier molecular flexibility index (Phi) is 7.54. The van der Waals surface area contributed by atoms with Crippen molar-refractivity contribution in [3.05, 3.63) is 71.8 Å². The number of carboxylic acid groups (broad SMARTS) is 1. The van der Waals surface area contributed by atoms with Gasteiger partial charge in [0.15, 0.2) is 0 Å². The molecule has 184 valence electrons. The van der Waals surface area contributed by atoms with Gasteiger partial charge in [-0.2, -0.15) is 0 Å². The number of aliphatic carboxylic acids is 1. The van der Waals surface area contributed by atoms with E-state index in [1.165, 1.54) is 0 Å². The van der Waals surface area contributed by atoms with Gasteiger partial charge in [-0.05, 0) is 41.0 Å². The smallest absolute Gasteiger partial charge is 0.407 e. The van der Waals surface area contributed by atoms with Crippen LogP contribution >= 0.6 is 0 Å². The summed E-state index contributed by atoms with van der Waals surface area (Å²) in [5.74, 6) is -1.89. The summed E-state index contributed by atoms with van der Waals surface area (Å²) < 4.78 is 5.59. The maximum atomic E-state index is 12.9. The fourth-order valence-electron chi connectivity index (χ4n) is 5.00. The average Bonchev–Trinajstić information content (AvgIpc) is 3.43. The fraction of sp³-hybridized carbons (Fsp3) is 0.393. The van der Waals surface area contributed by atoms with Crippen molar-refractivity contribution in [2.24, 2.45) is 17.8 Å². The van der Waals surface area contributed by atoms with E-state index in [0.29, 0.717) is 12.8 Å². The van der Waals surface area contributed by atoms with E-state index in [9.17, 15) is 14.4 Å². The molecule has 4 rings (SSSR count). The Hall–Kier alpha value is -3.61. The van der Waals surface area contributed by atoms with E-state index in [-0.39, 0.29) is 36.9 Å². The number of ether oxygens (including phenoxy) is 1. The third-order valence-electron chi connectivity index (χ3n) is 6.69. The Labute approximate surface area is 205 Å². The van der Waals surface area contributed by atoms with Gasteiger partial charge in [-0.25, -0.2) is 4.79 Å². The van der Waals surface area contributed by atoms with Crippen LogP contribution in [0.25, 0.3) is 11.1 Å². The topological polar surface area (TPSA) is 105 Å². The molecule has 2 aliphatic carbocycles. The van der Waals surface area contributed by atoms with Crippen molar-refractivity contribution >= 4 is 18.0 Å². The number of benzene rings is 2.